The van der Waals surface area contributed by atoms with Crippen molar-refractivity contribution >= 4 is 11.7 Å². The predicted octanol–water partition coefficient (Wildman–Crippen LogP) is 3.86. The van der Waals surface area contributed by atoms with Crippen molar-refractivity contribution in [2.75, 3.05) is 25.5 Å². The summed E-state index contributed by atoms with van der Waals surface area (Å²) >= 11 is 0. The number of halogens is 1. The second-order valence-electron chi connectivity index (χ2n) is 6.56. The molecule has 0 fully saturated rings. The normalized spacial score (nSPS) is 10.4. The van der Waals surface area contributed by atoms with Gasteiger partial charge in [-0.15, -0.1) is 0 Å². The number of aromatic nitrogens is 1. The Labute approximate surface area is 169 Å². The number of amides is 1. The van der Waals surface area contributed by atoms with Crippen LogP contribution in [0.5, 0.6) is 5.75 Å². The van der Waals surface area contributed by atoms with Crippen LogP contribution < -0.4 is 15.4 Å². The molecule has 0 spiro atoms. The minimum absolute atomic E-state index is 0.209. The van der Waals surface area contributed by atoms with Crippen LogP contribution in [0.4, 0.5) is 10.2 Å². The summed E-state index contributed by atoms with van der Waals surface area (Å²) in [6.45, 7) is 1.04. The van der Waals surface area contributed by atoms with Crippen LogP contribution in [0.1, 0.15) is 21.5 Å². The number of rotatable bonds is 9. The quantitative estimate of drug-likeness (QED) is 0.580. The van der Waals surface area contributed by atoms with Crippen LogP contribution >= 0.6 is 0 Å². The molecule has 0 radical (unpaired) electrons. The standard InChI is InChI=1S/C23H24FN3O2/c1-29-20-7-4-5-17(15-20)9-12-25-22-16-19(11-13-26-22)23(28)27-14-10-18-6-2-3-8-21(18)24/h2-8,11,13,15-16H,9-10,12,14H2,1H3,(H,25,26)(H,27,28). The molecule has 0 saturated carbocycles. The summed E-state index contributed by atoms with van der Waals surface area (Å²) in [6, 6.07) is 17.8. The molecule has 2 aromatic carbocycles. The number of nitrogens with one attached hydrogen (secondary N) is 2. The average molecular weight is 393 g/mol. The van der Waals surface area contributed by atoms with E-state index in [1.807, 2.05) is 24.3 Å². The van der Waals surface area contributed by atoms with Crippen molar-refractivity contribution < 1.29 is 13.9 Å². The minimum atomic E-state index is -0.256. The van der Waals surface area contributed by atoms with Crippen LogP contribution in [-0.4, -0.2) is 31.1 Å². The monoisotopic (exact) mass is 393 g/mol. The minimum Gasteiger partial charge on any atom is -0.497 e. The molecule has 0 aliphatic carbocycles. The van der Waals surface area contributed by atoms with Crippen molar-refractivity contribution in [3.63, 3.8) is 0 Å². The molecule has 3 aromatic rings. The first kappa shape index (κ1) is 20.3. The van der Waals surface area contributed by atoms with E-state index in [2.05, 4.69) is 15.6 Å². The number of methoxy groups -OCH3 is 1. The highest BCUT2D eigenvalue weighted by molar-refractivity contribution is 5.94. The van der Waals surface area contributed by atoms with Gasteiger partial charge < -0.3 is 15.4 Å². The summed E-state index contributed by atoms with van der Waals surface area (Å²) in [5.41, 5.74) is 2.25. The van der Waals surface area contributed by atoms with E-state index < -0.39 is 0 Å². The highest BCUT2D eigenvalue weighted by Gasteiger charge is 2.08. The molecule has 5 nitrogen and oxygen atoms in total. The highest BCUT2D eigenvalue weighted by Crippen LogP contribution is 2.13. The van der Waals surface area contributed by atoms with Crippen molar-refractivity contribution in [3.05, 3.63) is 89.4 Å². The number of hydrogen-bond acceptors (Lipinski definition) is 4. The molecule has 1 heterocycles. The number of nitrogens with zero attached hydrogens (tertiary/aromatic N) is 1. The topological polar surface area (TPSA) is 63.2 Å². The predicted molar refractivity (Wildman–Crippen MR) is 112 cm³/mol. The molecular weight excluding hydrogens is 369 g/mol. The SMILES string of the molecule is COc1cccc(CCNc2cc(C(=O)NCCc3ccccc3F)ccn2)c1. The molecular formula is C23H24FN3O2. The second-order valence-corrected chi connectivity index (χ2v) is 6.56. The zero-order valence-corrected chi connectivity index (χ0v) is 16.3. The Bertz CT molecular complexity index is 962. The van der Waals surface area contributed by atoms with Crippen molar-refractivity contribution in [1.29, 1.82) is 0 Å². The van der Waals surface area contributed by atoms with E-state index in [1.54, 1.807) is 43.6 Å². The van der Waals surface area contributed by atoms with Crippen LogP contribution in [0, 0.1) is 5.82 Å². The number of pyridine rings is 1. The third-order valence-corrected chi connectivity index (χ3v) is 4.51. The maximum atomic E-state index is 13.6. The lowest BCUT2D eigenvalue weighted by Gasteiger charge is -2.09. The molecule has 0 saturated heterocycles. The van der Waals surface area contributed by atoms with Crippen molar-refractivity contribution in [3.8, 4) is 5.75 Å². The maximum Gasteiger partial charge on any atom is 0.251 e. The molecule has 0 atom stereocenters. The summed E-state index contributed by atoms with van der Waals surface area (Å²) in [6.07, 6.45) is 2.84. The number of ether oxygens (including phenoxy) is 1. The van der Waals surface area contributed by atoms with Crippen LogP contribution in [0.25, 0.3) is 0 Å². The van der Waals surface area contributed by atoms with E-state index in [0.29, 0.717) is 36.5 Å². The van der Waals surface area contributed by atoms with E-state index >= 15 is 0 Å². The van der Waals surface area contributed by atoms with Crippen LogP contribution in [0.15, 0.2) is 66.9 Å². The summed E-state index contributed by atoms with van der Waals surface area (Å²) in [5.74, 6) is 0.997. The largest absolute Gasteiger partial charge is 0.497 e. The molecule has 1 amide bonds. The van der Waals surface area contributed by atoms with Crippen LogP contribution in [0.2, 0.25) is 0 Å². The number of anilines is 1. The van der Waals surface area contributed by atoms with Gasteiger partial charge in [0.15, 0.2) is 0 Å². The fraction of sp³-hybridized carbons (Fsp3) is 0.217. The molecule has 6 heteroatoms. The fourth-order valence-corrected chi connectivity index (χ4v) is 2.95. The van der Waals surface area contributed by atoms with E-state index in [-0.39, 0.29) is 11.7 Å². The van der Waals surface area contributed by atoms with Gasteiger partial charge in [-0.25, -0.2) is 9.37 Å². The summed E-state index contributed by atoms with van der Waals surface area (Å²) < 4.78 is 18.9. The van der Waals surface area contributed by atoms with Gasteiger partial charge in [0, 0.05) is 24.8 Å². The lowest BCUT2D eigenvalue weighted by molar-refractivity contribution is 0.0954. The Morgan fingerprint density at radius 2 is 1.90 bits per heavy atom. The highest BCUT2D eigenvalue weighted by atomic mass is 19.1. The number of hydrogen-bond donors (Lipinski definition) is 2. The van der Waals surface area contributed by atoms with Crippen molar-refractivity contribution in [2.24, 2.45) is 0 Å². The Balaban J connectivity index is 1.49. The smallest absolute Gasteiger partial charge is 0.251 e. The first-order valence-corrected chi connectivity index (χ1v) is 9.50. The van der Waals surface area contributed by atoms with Crippen molar-refractivity contribution in [2.45, 2.75) is 12.8 Å². The first-order valence-electron chi connectivity index (χ1n) is 9.50. The zero-order chi connectivity index (χ0) is 20.5. The third kappa shape index (κ3) is 6.04. The van der Waals surface area contributed by atoms with E-state index in [0.717, 1.165) is 17.7 Å². The van der Waals surface area contributed by atoms with Gasteiger partial charge in [-0.1, -0.05) is 30.3 Å². The van der Waals surface area contributed by atoms with Gasteiger partial charge in [0.25, 0.3) is 5.91 Å². The molecule has 0 unspecified atom stereocenters. The Hall–Kier alpha value is -3.41. The molecule has 29 heavy (non-hydrogen) atoms. The van der Waals surface area contributed by atoms with Crippen LogP contribution in [0.3, 0.4) is 0 Å². The van der Waals surface area contributed by atoms with Gasteiger partial charge in [-0.3, -0.25) is 4.79 Å². The number of benzene rings is 2. The number of carbonyl (C=O) groups is 1. The summed E-state index contributed by atoms with van der Waals surface area (Å²) in [7, 11) is 1.65. The molecule has 3 rings (SSSR count). The molecule has 0 bridgehead atoms. The Morgan fingerprint density at radius 3 is 2.72 bits per heavy atom. The average Bonchev–Trinajstić information content (AvgIpc) is 2.75. The Morgan fingerprint density at radius 1 is 1.03 bits per heavy atom. The van der Waals surface area contributed by atoms with Crippen molar-refractivity contribution in [1.82, 2.24) is 10.3 Å². The maximum absolute atomic E-state index is 13.6. The molecule has 2 N–H and O–H groups in total. The second kappa shape index (κ2) is 10.2. The molecule has 1 aromatic heterocycles. The third-order valence-electron chi connectivity index (χ3n) is 4.51. The molecule has 150 valence electrons. The van der Waals surface area contributed by atoms with E-state index in [4.69, 9.17) is 4.74 Å². The van der Waals surface area contributed by atoms with E-state index in [9.17, 15) is 9.18 Å². The van der Waals surface area contributed by atoms with Gasteiger partial charge in [0.2, 0.25) is 0 Å². The van der Waals surface area contributed by atoms with Gasteiger partial charge in [0.1, 0.15) is 17.4 Å². The van der Waals surface area contributed by atoms with Gasteiger partial charge in [-0.05, 0) is 54.3 Å². The summed E-state index contributed by atoms with van der Waals surface area (Å²) in [5, 5.41) is 6.06. The van der Waals surface area contributed by atoms with Gasteiger partial charge >= 0.3 is 0 Å². The zero-order valence-electron chi connectivity index (χ0n) is 16.3. The Kier molecular flexibility index (Phi) is 7.16. The number of carbonyl (C=O) groups excluding carboxylic acids is 1. The first-order chi connectivity index (χ1) is 14.2. The lowest BCUT2D eigenvalue weighted by Crippen LogP contribution is -2.26. The van der Waals surface area contributed by atoms with Gasteiger partial charge in [-0.2, -0.15) is 0 Å². The molecule has 0 aliphatic heterocycles. The van der Waals surface area contributed by atoms with Gasteiger partial charge in [0.05, 0.1) is 7.11 Å². The van der Waals surface area contributed by atoms with E-state index in [1.165, 1.54) is 6.07 Å². The fourth-order valence-electron chi connectivity index (χ4n) is 2.95. The summed E-state index contributed by atoms with van der Waals surface area (Å²) in [4.78, 5) is 16.6. The lowest BCUT2D eigenvalue weighted by atomic mass is 10.1. The van der Waals surface area contributed by atoms with Crippen LogP contribution in [-0.2, 0) is 12.8 Å². The molecule has 0 aliphatic rings.